The topological polar surface area (TPSA) is 105 Å². The van der Waals surface area contributed by atoms with Crippen molar-refractivity contribution in [2.45, 2.75) is 6.16 Å². The average molecular weight is 410 g/mol. The first-order valence-corrected chi connectivity index (χ1v) is 10.4. The lowest BCUT2D eigenvalue weighted by atomic mass is 11.2. The van der Waals surface area contributed by atoms with Gasteiger partial charge in [0.05, 0.1) is 0 Å². The molecule has 0 aliphatic rings. The predicted molar refractivity (Wildman–Crippen MR) is 63.1 cm³/mol. The summed E-state index contributed by atoms with van der Waals surface area (Å²) < 4.78 is 58.8. The number of halogens is 4. The van der Waals surface area contributed by atoms with Crippen LogP contribution in [0.3, 0.4) is 0 Å². The van der Waals surface area contributed by atoms with Crippen LogP contribution in [0, 0.1) is 0 Å². The van der Waals surface area contributed by atoms with Crippen LogP contribution < -0.4 is 0 Å². The number of hydrogen-bond acceptors (Lipinski definition) is 8. The average Bonchev–Trinajstić information content (AvgIpc) is 1.95. The van der Waals surface area contributed by atoms with Crippen molar-refractivity contribution in [2.24, 2.45) is 0 Å². The van der Waals surface area contributed by atoms with Crippen molar-refractivity contribution in [3.05, 3.63) is 0 Å². The van der Waals surface area contributed by atoms with Crippen LogP contribution in [0.15, 0.2) is 0 Å². The van der Waals surface area contributed by atoms with Gasteiger partial charge >= 0.3 is 6.16 Å². The van der Waals surface area contributed by atoms with Gasteiger partial charge in [-0.15, -0.1) is 0 Å². The van der Waals surface area contributed by atoms with E-state index in [0.29, 0.717) is 0 Å². The summed E-state index contributed by atoms with van der Waals surface area (Å²) in [5, 5.41) is 0. The van der Waals surface area contributed by atoms with Crippen LogP contribution in [-0.2, 0) is 57.9 Å². The Balaban J connectivity index is 5.16. The maximum absolute atomic E-state index is 10.6. The Morgan fingerprint density at radius 3 is 0.882 bits per heavy atom. The van der Waals surface area contributed by atoms with Crippen LogP contribution in [0.2, 0.25) is 0 Å². The van der Waals surface area contributed by atoms with Crippen molar-refractivity contribution >= 4 is 83.9 Å². The van der Waals surface area contributed by atoms with Gasteiger partial charge in [0, 0.05) is 42.7 Å². The van der Waals surface area contributed by atoms with Gasteiger partial charge in [-0.05, 0) is 0 Å². The molecule has 0 aliphatic heterocycles. The zero-order chi connectivity index (χ0) is 13.6. The quantitative estimate of drug-likeness (QED) is 0.430. The highest BCUT2D eigenvalue weighted by Gasteiger charge is 2.46. The fourth-order valence-electron chi connectivity index (χ4n) is 0.404. The molecule has 0 saturated carbocycles. The molecule has 17 heavy (non-hydrogen) atoms. The third-order valence-corrected chi connectivity index (χ3v) is 2.77. The Labute approximate surface area is 123 Å². The van der Waals surface area contributed by atoms with Crippen molar-refractivity contribution in [3.63, 3.8) is 0 Å². The Kier molecular flexibility index (Phi) is 9.53. The summed E-state index contributed by atoms with van der Waals surface area (Å²) in [5.41, 5.74) is 0. The third-order valence-electron chi connectivity index (χ3n) is 0.670. The zero-order valence-electron chi connectivity index (χ0n) is 6.91. The molecule has 0 saturated heterocycles. The van der Waals surface area contributed by atoms with E-state index in [0.717, 1.165) is 0 Å². The Morgan fingerprint density at radius 2 is 0.765 bits per heavy atom. The maximum Gasteiger partial charge on any atom is 0.467 e. The predicted octanol–water partition coefficient (Wildman–Crippen LogP) is 0.934. The van der Waals surface area contributed by atoms with E-state index in [9.17, 15) is 16.8 Å². The molecule has 0 amide bonds. The van der Waals surface area contributed by atoms with Gasteiger partial charge in [-0.1, -0.05) is 0 Å². The second-order valence-corrected chi connectivity index (χ2v) is 6.85. The van der Waals surface area contributed by atoms with Crippen LogP contribution in [-0.4, -0.2) is 23.0 Å². The van der Waals surface area contributed by atoms with Crippen LogP contribution >= 0.6 is 42.7 Å². The van der Waals surface area contributed by atoms with E-state index in [1.54, 1.807) is 0 Å². The van der Waals surface area contributed by atoms with Gasteiger partial charge < -0.3 is 0 Å². The maximum atomic E-state index is 10.6. The summed E-state index contributed by atoms with van der Waals surface area (Å²) in [5.74, 6) is 0. The molecule has 0 radical (unpaired) electrons. The molecule has 0 aromatic heterocycles. The second kappa shape index (κ2) is 8.71. The smallest absolute Gasteiger partial charge is 0.211 e. The summed E-state index contributed by atoms with van der Waals surface area (Å²) >= 11 is 0. The molecule has 0 bridgehead atoms. The monoisotopic (exact) mass is 408 g/mol. The van der Waals surface area contributed by atoms with E-state index in [1.807, 2.05) is 0 Å². The van der Waals surface area contributed by atoms with Crippen molar-refractivity contribution in [1.82, 2.24) is 0 Å². The van der Waals surface area contributed by atoms with Gasteiger partial charge in [-0.25, -0.2) is 16.8 Å². The van der Waals surface area contributed by atoms with Gasteiger partial charge in [0.1, 0.15) is 0 Å². The van der Waals surface area contributed by atoms with E-state index in [2.05, 4.69) is 16.7 Å². The van der Waals surface area contributed by atoms with E-state index < -0.39 is 47.3 Å². The Bertz CT molecular complexity index is 288. The largest absolute Gasteiger partial charge is 0.467 e. The Morgan fingerprint density at radius 1 is 0.588 bits per heavy atom. The molecule has 0 spiro atoms. The van der Waals surface area contributed by atoms with Crippen LogP contribution in [0.25, 0.3) is 0 Å². The highest BCUT2D eigenvalue weighted by molar-refractivity contribution is 8.06. The number of hydrogen-bond donors (Lipinski definition) is 0. The molecular weight excluding hydrogens is 410 g/mol. The number of rotatable bonds is 8. The summed E-state index contributed by atoms with van der Waals surface area (Å²) in [4.78, 5) is 0. The molecule has 8 nitrogen and oxygen atoms in total. The van der Waals surface area contributed by atoms with Crippen LogP contribution in [0.5, 0.6) is 0 Å². The minimum atomic E-state index is -3.14. The van der Waals surface area contributed by atoms with E-state index in [1.165, 1.54) is 0 Å². The minimum absolute atomic E-state index is 2.67. The molecule has 0 aromatic carbocycles. The van der Waals surface area contributed by atoms with E-state index in [4.69, 9.17) is 42.7 Å². The SMILES string of the molecule is O=S(Cl)OC(OS(=O)Cl)(OS(=O)Cl)OS(=O)Cl. The first-order chi connectivity index (χ1) is 7.67. The van der Waals surface area contributed by atoms with Gasteiger partial charge in [-0.2, -0.15) is 16.7 Å². The van der Waals surface area contributed by atoms with Crippen molar-refractivity contribution in [2.75, 3.05) is 0 Å². The summed E-state index contributed by atoms with van der Waals surface area (Å²) in [7, 11) is 8.92. The third kappa shape index (κ3) is 9.18. The zero-order valence-corrected chi connectivity index (χ0v) is 13.2. The molecule has 0 heterocycles. The standard InChI is InChI=1S/CCl4O8S4/c2-14(6)10-1(11-15(3)7,12-16(4)8)13-17(5)9. The fraction of sp³-hybridized carbons (Fsp3) is 1.00. The lowest BCUT2D eigenvalue weighted by molar-refractivity contribution is -0.351. The molecule has 0 aromatic rings. The molecule has 0 rings (SSSR count). The first-order valence-electron chi connectivity index (χ1n) is 2.77. The second-order valence-electron chi connectivity index (χ2n) is 1.61. The summed E-state index contributed by atoms with van der Waals surface area (Å²) in [6.45, 7) is 0. The van der Waals surface area contributed by atoms with Crippen molar-refractivity contribution in [3.8, 4) is 0 Å². The van der Waals surface area contributed by atoms with E-state index in [-0.39, 0.29) is 0 Å². The summed E-state index contributed by atoms with van der Waals surface area (Å²) in [6.07, 6.45) is -3.14. The molecule has 16 heteroatoms. The van der Waals surface area contributed by atoms with E-state index >= 15 is 0 Å². The summed E-state index contributed by atoms with van der Waals surface area (Å²) in [6, 6.07) is 0. The lowest BCUT2D eigenvalue weighted by Crippen LogP contribution is -2.42. The van der Waals surface area contributed by atoms with Gasteiger partial charge in [0.2, 0.25) is 0 Å². The van der Waals surface area contributed by atoms with Gasteiger partial charge in [0.25, 0.3) is 41.2 Å². The Hall–Kier alpha value is 1.60. The van der Waals surface area contributed by atoms with Gasteiger partial charge in [0.15, 0.2) is 0 Å². The molecule has 4 unspecified atom stereocenters. The van der Waals surface area contributed by atoms with Crippen LogP contribution in [0.1, 0.15) is 0 Å². The first kappa shape index (κ1) is 18.6. The molecular formula is CCl4O8S4. The molecule has 104 valence electrons. The normalized spacial score (nSPS) is 22.4. The van der Waals surface area contributed by atoms with Crippen LogP contribution in [0.4, 0.5) is 0 Å². The van der Waals surface area contributed by atoms with Crippen molar-refractivity contribution < 1.29 is 33.6 Å². The van der Waals surface area contributed by atoms with Gasteiger partial charge in [-0.3, -0.25) is 0 Å². The highest BCUT2D eigenvalue weighted by atomic mass is 35.7. The molecule has 0 N–H and O–H groups in total. The minimum Gasteiger partial charge on any atom is -0.211 e. The lowest BCUT2D eigenvalue weighted by Gasteiger charge is -2.23. The molecule has 0 aliphatic carbocycles. The molecule has 0 fully saturated rings. The van der Waals surface area contributed by atoms with Crippen molar-refractivity contribution in [1.29, 1.82) is 0 Å². The molecule has 4 atom stereocenters. The fourth-order valence-corrected chi connectivity index (χ4v) is 2.64. The highest BCUT2D eigenvalue weighted by Crippen LogP contribution is 2.27.